The summed E-state index contributed by atoms with van der Waals surface area (Å²) in [7, 11) is 0. The zero-order chi connectivity index (χ0) is 14.0. The first-order valence-corrected chi connectivity index (χ1v) is 7.55. The van der Waals surface area contributed by atoms with Crippen molar-refractivity contribution < 1.29 is 9.53 Å². The molecule has 2 atom stereocenters. The molecule has 3 rings (SSSR count). The van der Waals surface area contributed by atoms with E-state index in [4.69, 9.17) is 4.74 Å². The number of aromatic nitrogens is 2. The summed E-state index contributed by atoms with van der Waals surface area (Å²) in [6, 6.07) is 0. The third-order valence-electron chi connectivity index (χ3n) is 4.71. The first-order chi connectivity index (χ1) is 9.68. The van der Waals surface area contributed by atoms with Gasteiger partial charge < -0.3 is 10.1 Å². The Morgan fingerprint density at radius 2 is 2.50 bits per heavy atom. The van der Waals surface area contributed by atoms with Gasteiger partial charge in [-0.15, -0.1) is 0 Å². The molecule has 1 aliphatic carbocycles. The van der Waals surface area contributed by atoms with Gasteiger partial charge in [0.2, 0.25) is 5.91 Å². The maximum absolute atomic E-state index is 12.0. The minimum absolute atomic E-state index is 0.116. The van der Waals surface area contributed by atoms with Gasteiger partial charge >= 0.3 is 0 Å². The van der Waals surface area contributed by atoms with E-state index in [1.165, 1.54) is 12.8 Å². The molecule has 2 aliphatic rings. The molecule has 5 nitrogen and oxygen atoms in total. The summed E-state index contributed by atoms with van der Waals surface area (Å²) in [4.78, 5) is 12.0. The molecule has 5 heteroatoms. The van der Waals surface area contributed by atoms with Crippen molar-refractivity contribution in [2.45, 2.75) is 51.7 Å². The van der Waals surface area contributed by atoms with Crippen LogP contribution in [-0.4, -0.2) is 34.9 Å². The summed E-state index contributed by atoms with van der Waals surface area (Å²) in [5.74, 6) is 0.116. The number of carbonyl (C=O) groups excluding carboxylic acids is 1. The van der Waals surface area contributed by atoms with Gasteiger partial charge in [-0.2, -0.15) is 5.10 Å². The van der Waals surface area contributed by atoms with Crippen LogP contribution in [0.15, 0.2) is 12.4 Å². The van der Waals surface area contributed by atoms with Crippen molar-refractivity contribution >= 4 is 5.91 Å². The van der Waals surface area contributed by atoms with Crippen LogP contribution >= 0.6 is 0 Å². The predicted molar refractivity (Wildman–Crippen MR) is 75.2 cm³/mol. The van der Waals surface area contributed by atoms with Crippen LogP contribution in [0.25, 0.3) is 0 Å². The van der Waals surface area contributed by atoms with Crippen molar-refractivity contribution in [3.63, 3.8) is 0 Å². The monoisotopic (exact) mass is 277 g/mol. The van der Waals surface area contributed by atoms with Crippen molar-refractivity contribution in [3.8, 4) is 0 Å². The van der Waals surface area contributed by atoms with E-state index in [-0.39, 0.29) is 11.3 Å². The fourth-order valence-electron chi connectivity index (χ4n) is 3.52. The summed E-state index contributed by atoms with van der Waals surface area (Å²) in [6.07, 6.45) is 9.31. The highest BCUT2D eigenvalue weighted by Gasteiger charge is 2.47. The quantitative estimate of drug-likeness (QED) is 0.890. The van der Waals surface area contributed by atoms with Crippen LogP contribution in [0.3, 0.4) is 0 Å². The second kappa shape index (κ2) is 5.56. The van der Waals surface area contributed by atoms with Crippen LogP contribution in [0.4, 0.5) is 0 Å². The standard InChI is InChI=1S/C15H23N3O2/c1-12-9-17-18(10-12)7-4-14(19)16-11-15-5-2-3-13(15)20-8-6-15/h9-10,13H,2-8,11H2,1H3,(H,16,19)/t13-,15-/m1/s1. The lowest BCUT2D eigenvalue weighted by atomic mass is 9.83. The number of fused-ring (bicyclic) bond motifs is 1. The van der Waals surface area contributed by atoms with E-state index in [0.717, 1.165) is 31.6 Å². The van der Waals surface area contributed by atoms with Gasteiger partial charge in [-0.3, -0.25) is 9.48 Å². The van der Waals surface area contributed by atoms with E-state index >= 15 is 0 Å². The number of ether oxygens (including phenoxy) is 1. The maximum atomic E-state index is 12.0. The molecular formula is C15H23N3O2. The SMILES string of the molecule is Cc1cnn(CCC(=O)NC[C@]23CCC[C@H]2OCC3)c1. The first kappa shape index (κ1) is 13.6. The van der Waals surface area contributed by atoms with Crippen molar-refractivity contribution in [2.24, 2.45) is 5.41 Å². The third-order valence-corrected chi connectivity index (χ3v) is 4.71. The van der Waals surface area contributed by atoms with E-state index in [0.29, 0.717) is 19.1 Å². The minimum Gasteiger partial charge on any atom is -0.378 e. The zero-order valence-corrected chi connectivity index (χ0v) is 12.1. The van der Waals surface area contributed by atoms with Crippen LogP contribution in [0.5, 0.6) is 0 Å². The van der Waals surface area contributed by atoms with Gasteiger partial charge in [0.25, 0.3) is 0 Å². The second-order valence-corrected chi connectivity index (χ2v) is 6.17. The highest BCUT2D eigenvalue weighted by Crippen LogP contribution is 2.46. The molecule has 0 spiro atoms. The Hall–Kier alpha value is -1.36. The molecule has 1 saturated carbocycles. The fraction of sp³-hybridized carbons (Fsp3) is 0.733. The number of carbonyl (C=O) groups is 1. The average molecular weight is 277 g/mol. The number of hydrogen-bond acceptors (Lipinski definition) is 3. The Morgan fingerprint density at radius 1 is 1.60 bits per heavy atom. The zero-order valence-electron chi connectivity index (χ0n) is 12.1. The Balaban J connectivity index is 1.45. The molecule has 0 unspecified atom stereocenters. The van der Waals surface area contributed by atoms with Gasteiger partial charge in [0.05, 0.1) is 12.3 Å². The molecule has 1 saturated heterocycles. The van der Waals surface area contributed by atoms with E-state index in [9.17, 15) is 4.79 Å². The number of nitrogens with one attached hydrogen (secondary N) is 1. The smallest absolute Gasteiger partial charge is 0.221 e. The Morgan fingerprint density at radius 3 is 3.30 bits per heavy atom. The van der Waals surface area contributed by atoms with Crippen molar-refractivity contribution in [1.82, 2.24) is 15.1 Å². The third kappa shape index (κ3) is 2.73. The molecule has 2 heterocycles. The van der Waals surface area contributed by atoms with E-state index in [2.05, 4.69) is 10.4 Å². The number of hydrogen-bond donors (Lipinski definition) is 1. The molecule has 2 fully saturated rings. The molecule has 1 aromatic rings. The van der Waals surface area contributed by atoms with Gasteiger partial charge in [0.15, 0.2) is 0 Å². The van der Waals surface area contributed by atoms with Gasteiger partial charge in [-0.25, -0.2) is 0 Å². The van der Waals surface area contributed by atoms with Crippen molar-refractivity contribution in [3.05, 3.63) is 18.0 Å². The second-order valence-electron chi connectivity index (χ2n) is 6.17. The van der Waals surface area contributed by atoms with Crippen molar-refractivity contribution in [1.29, 1.82) is 0 Å². The first-order valence-electron chi connectivity index (χ1n) is 7.55. The summed E-state index contributed by atoms with van der Waals surface area (Å²) in [5, 5.41) is 7.30. The Bertz CT molecular complexity index is 473. The average Bonchev–Trinajstić information content (AvgIpc) is 3.09. The minimum atomic E-state index is 0.116. The number of aryl methyl sites for hydroxylation is 2. The summed E-state index contributed by atoms with van der Waals surface area (Å²) in [6.45, 7) is 4.28. The molecule has 0 bridgehead atoms. The lowest BCUT2D eigenvalue weighted by Gasteiger charge is -2.27. The topological polar surface area (TPSA) is 56.2 Å². The van der Waals surface area contributed by atoms with Gasteiger partial charge in [0, 0.05) is 37.7 Å². The fourth-order valence-corrected chi connectivity index (χ4v) is 3.52. The largest absolute Gasteiger partial charge is 0.378 e. The summed E-state index contributed by atoms with van der Waals surface area (Å²) in [5.41, 5.74) is 1.35. The molecule has 0 radical (unpaired) electrons. The predicted octanol–water partition coefficient (Wildman–Crippen LogP) is 1.66. The van der Waals surface area contributed by atoms with E-state index in [1.54, 1.807) is 0 Å². The molecule has 1 aromatic heterocycles. The summed E-state index contributed by atoms with van der Waals surface area (Å²) < 4.78 is 7.60. The molecule has 110 valence electrons. The van der Waals surface area contributed by atoms with E-state index < -0.39 is 0 Å². The molecule has 1 N–H and O–H groups in total. The van der Waals surface area contributed by atoms with Gasteiger partial charge in [-0.05, 0) is 31.7 Å². The van der Waals surface area contributed by atoms with E-state index in [1.807, 2.05) is 24.0 Å². The molecule has 1 amide bonds. The lowest BCUT2D eigenvalue weighted by Crippen LogP contribution is -2.40. The van der Waals surface area contributed by atoms with Crippen LogP contribution < -0.4 is 5.32 Å². The number of amides is 1. The molecular weight excluding hydrogens is 254 g/mol. The van der Waals surface area contributed by atoms with Gasteiger partial charge in [0.1, 0.15) is 0 Å². The van der Waals surface area contributed by atoms with Crippen LogP contribution in [0.2, 0.25) is 0 Å². The highest BCUT2D eigenvalue weighted by atomic mass is 16.5. The molecule has 20 heavy (non-hydrogen) atoms. The highest BCUT2D eigenvalue weighted by molar-refractivity contribution is 5.75. The Labute approximate surface area is 119 Å². The molecule has 1 aliphatic heterocycles. The summed E-state index contributed by atoms with van der Waals surface area (Å²) >= 11 is 0. The lowest BCUT2D eigenvalue weighted by molar-refractivity contribution is -0.122. The maximum Gasteiger partial charge on any atom is 0.221 e. The van der Waals surface area contributed by atoms with Crippen LogP contribution in [0.1, 0.15) is 37.7 Å². The number of rotatable bonds is 5. The number of nitrogens with zero attached hydrogens (tertiary/aromatic N) is 2. The van der Waals surface area contributed by atoms with Crippen LogP contribution in [0, 0.1) is 12.3 Å². The van der Waals surface area contributed by atoms with Crippen molar-refractivity contribution in [2.75, 3.05) is 13.2 Å². The normalized spacial score (nSPS) is 28.6. The Kier molecular flexibility index (Phi) is 3.78. The molecule has 0 aromatic carbocycles. The van der Waals surface area contributed by atoms with Crippen LogP contribution in [-0.2, 0) is 16.1 Å². The van der Waals surface area contributed by atoms with Gasteiger partial charge in [-0.1, -0.05) is 6.42 Å².